The van der Waals surface area contributed by atoms with Crippen molar-refractivity contribution in [3.05, 3.63) is 33.9 Å². The zero-order valence-electron chi connectivity index (χ0n) is 11.2. The summed E-state index contributed by atoms with van der Waals surface area (Å²) in [6, 6.07) is 4.11. The van der Waals surface area contributed by atoms with Gasteiger partial charge in [-0.2, -0.15) is 0 Å². The van der Waals surface area contributed by atoms with E-state index in [0.717, 1.165) is 0 Å². The number of ether oxygens (including phenoxy) is 2. The van der Waals surface area contributed by atoms with E-state index in [4.69, 9.17) is 9.47 Å². The molecule has 0 saturated carbocycles. The van der Waals surface area contributed by atoms with Crippen LogP contribution in [-0.4, -0.2) is 30.5 Å². The molecule has 0 atom stereocenters. The summed E-state index contributed by atoms with van der Waals surface area (Å²) in [6.07, 6.45) is 1.15. The number of hydrogen-bond donors (Lipinski definition) is 0. The quantitative estimate of drug-likeness (QED) is 0.431. The van der Waals surface area contributed by atoms with Crippen molar-refractivity contribution in [2.75, 3.05) is 13.7 Å². The van der Waals surface area contributed by atoms with Gasteiger partial charge in [0.05, 0.1) is 17.1 Å². The molecular weight excluding hydrogens is 250 g/mol. The van der Waals surface area contributed by atoms with Crippen LogP contribution in [0.25, 0.3) is 0 Å². The van der Waals surface area contributed by atoms with Crippen LogP contribution in [0.2, 0.25) is 0 Å². The van der Waals surface area contributed by atoms with Gasteiger partial charge in [0.15, 0.2) is 5.75 Å². The van der Waals surface area contributed by atoms with E-state index >= 15 is 0 Å². The van der Waals surface area contributed by atoms with Crippen LogP contribution in [0.15, 0.2) is 18.2 Å². The zero-order chi connectivity index (χ0) is 14.5. The maximum atomic E-state index is 10.9. The van der Waals surface area contributed by atoms with Crippen molar-refractivity contribution in [3.8, 4) is 5.75 Å². The number of carbonyl (C=O) groups is 1. The van der Waals surface area contributed by atoms with Crippen LogP contribution in [0.4, 0.5) is 5.69 Å². The van der Waals surface area contributed by atoms with Gasteiger partial charge in [0.1, 0.15) is 6.29 Å². The normalized spacial score (nSPS) is 11.1. The Morgan fingerprint density at radius 3 is 2.63 bits per heavy atom. The molecule has 0 fully saturated rings. The van der Waals surface area contributed by atoms with E-state index in [2.05, 4.69) is 0 Å². The zero-order valence-corrected chi connectivity index (χ0v) is 11.2. The highest BCUT2D eigenvalue weighted by molar-refractivity contribution is 5.77. The van der Waals surface area contributed by atoms with Crippen LogP contribution in [0, 0.1) is 10.1 Å². The van der Waals surface area contributed by atoms with Gasteiger partial charge in [0.25, 0.3) is 0 Å². The second-order valence-electron chi connectivity index (χ2n) is 4.66. The number of hydrogen-bond acceptors (Lipinski definition) is 5. The maximum Gasteiger partial charge on any atom is 0.311 e. The fourth-order valence-corrected chi connectivity index (χ4v) is 1.38. The standard InChI is InChI=1S/C13H17NO5/c1-13(2,18-3)6-7-19-12-5-4-10(9-15)8-11(12)14(16)17/h4-5,8-9H,6-7H2,1-3H3. The molecular formula is C13H17NO5. The SMILES string of the molecule is COC(C)(C)CCOc1ccc(C=O)cc1[N+](=O)[O-]. The average molecular weight is 267 g/mol. The van der Waals surface area contributed by atoms with Gasteiger partial charge in [-0.25, -0.2) is 0 Å². The Kier molecular flexibility index (Phi) is 5.00. The molecule has 0 heterocycles. The minimum Gasteiger partial charge on any atom is -0.487 e. The highest BCUT2D eigenvalue weighted by Gasteiger charge is 2.19. The maximum absolute atomic E-state index is 10.9. The van der Waals surface area contributed by atoms with Gasteiger partial charge in [-0.15, -0.1) is 0 Å². The lowest BCUT2D eigenvalue weighted by molar-refractivity contribution is -0.385. The molecule has 0 N–H and O–H groups in total. The smallest absolute Gasteiger partial charge is 0.311 e. The molecule has 0 radical (unpaired) electrons. The molecule has 1 rings (SSSR count). The minimum atomic E-state index is -0.566. The Morgan fingerprint density at radius 1 is 1.42 bits per heavy atom. The molecule has 6 heteroatoms. The molecule has 1 aromatic rings. The predicted octanol–water partition coefficient (Wildman–Crippen LogP) is 2.60. The number of benzene rings is 1. The van der Waals surface area contributed by atoms with Crippen molar-refractivity contribution >= 4 is 12.0 Å². The Hall–Kier alpha value is -1.95. The van der Waals surface area contributed by atoms with Gasteiger partial charge in [0.2, 0.25) is 0 Å². The van der Waals surface area contributed by atoms with Crippen molar-refractivity contribution in [2.24, 2.45) is 0 Å². The highest BCUT2D eigenvalue weighted by atomic mass is 16.6. The molecule has 0 aliphatic carbocycles. The van der Waals surface area contributed by atoms with Crippen LogP contribution in [-0.2, 0) is 4.74 Å². The lowest BCUT2D eigenvalue weighted by atomic mass is 10.1. The van der Waals surface area contributed by atoms with Crippen molar-refractivity contribution in [3.63, 3.8) is 0 Å². The third kappa shape index (κ3) is 4.33. The molecule has 0 unspecified atom stereocenters. The first-order chi connectivity index (χ1) is 8.89. The monoisotopic (exact) mass is 267 g/mol. The Labute approximate surface area is 111 Å². The van der Waals surface area contributed by atoms with Crippen LogP contribution in [0.1, 0.15) is 30.6 Å². The van der Waals surface area contributed by atoms with Gasteiger partial charge in [-0.05, 0) is 26.0 Å². The van der Waals surface area contributed by atoms with Gasteiger partial charge in [0, 0.05) is 25.2 Å². The van der Waals surface area contributed by atoms with Crippen molar-refractivity contribution in [2.45, 2.75) is 25.9 Å². The minimum absolute atomic E-state index is 0.155. The first kappa shape index (κ1) is 15.1. The molecule has 0 spiro atoms. The van der Waals surface area contributed by atoms with Crippen LogP contribution >= 0.6 is 0 Å². The third-order valence-electron chi connectivity index (χ3n) is 2.83. The molecule has 0 aromatic heterocycles. The molecule has 1 aromatic carbocycles. The predicted molar refractivity (Wildman–Crippen MR) is 69.7 cm³/mol. The summed E-state index contributed by atoms with van der Waals surface area (Å²) < 4.78 is 10.6. The van der Waals surface area contributed by atoms with Crippen LogP contribution in [0.3, 0.4) is 0 Å². The highest BCUT2D eigenvalue weighted by Crippen LogP contribution is 2.28. The number of nitro groups is 1. The summed E-state index contributed by atoms with van der Waals surface area (Å²) in [5.41, 5.74) is -0.312. The Bertz CT molecular complexity index is 470. The van der Waals surface area contributed by atoms with Gasteiger partial charge in [-0.1, -0.05) is 0 Å². The largest absolute Gasteiger partial charge is 0.487 e. The van der Waals surface area contributed by atoms with E-state index in [0.29, 0.717) is 19.3 Å². The number of nitro benzene ring substituents is 1. The summed E-state index contributed by atoms with van der Waals surface area (Å²) >= 11 is 0. The summed E-state index contributed by atoms with van der Waals surface area (Å²) in [4.78, 5) is 20.9. The molecule has 0 saturated heterocycles. The second kappa shape index (κ2) is 6.29. The van der Waals surface area contributed by atoms with E-state index in [1.165, 1.54) is 18.2 Å². The van der Waals surface area contributed by atoms with E-state index < -0.39 is 4.92 Å². The molecule has 0 aliphatic rings. The van der Waals surface area contributed by atoms with E-state index in [-0.39, 0.29) is 22.6 Å². The van der Waals surface area contributed by atoms with Crippen LogP contribution in [0.5, 0.6) is 5.75 Å². The second-order valence-corrected chi connectivity index (χ2v) is 4.66. The number of rotatable bonds is 7. The first-order valence-electron chi connectivity index (χ1n) is 5.81. The number of nitrogens with zero attached hydrogens (tertiary/aromatic N) is 1. The molecule has 104 valence electrons. The molecule has 19 heavy (non-hydrogen) atoms. The van der Waals surface area contributed by atoms with Crippen molar-refractivity contribution in [1.82, 2.24) is 0 Å². The number of aldehydes is 1. The summed E-state index contributed by atoms with van der Waals surface area (Å²) in [5, 5.41) is 10.9. The fraction of sp³-hybridized carbons (Fsp3) is 0.462. The molecule has 0 amide bonds. The summed E-state index contributed by atoms with van der Waals surface area (Å²) in [6.45, 7) is 4.10. The van der Waals surface area contributed by atoms with Gasteiger partial charge >= 0.3 is 5.69 Å². The summed E-state index contributed by atoms with van der Waals surface area (Å²) in [5.74, 6) is 0.155. The fourth-order valence-electron chi connectivity index (χ4n) is 1.38. The number of carbonyl (C=O) groups excluding carboxylic acids is 1. The lowest BCUT2D eigenvalue weighted by Crippen LogP contribution is -2.25. The third-order valence-corrected chi connectivity index (χ3v) is 2.83. The lowest BCUT2D eigenvalue weighted by Gasteiger charge is -2.22. The first-order valence-corrected chi connectivity index (χ1v) is 5.81. The molecule has 0 aliphatic heterocycles. The average Bonchev–Trinajstić information content (AvgIpc) is 2.38. The topological polar surface area (TPSA) is 78.7 Å². The van der Waals surface area contributed by atoms with Crippen molar-refractivity contribution < 1.29 is 19.2 Å². The van der Waals surface area contributed by atoms with E-state index in [1.54, 1.807) is 7.11 Å². The van der Waals surface area contributed by atoms with Gasteiger partial charge < -0.3 is 9.47 Å². The molecule has 6 nitrogen and oxygen atoms in total. The Balaban J connectivity index is 2.78. The van der Waals surface area contributed by atoms with E-state index in [1.807, 2.05) is 13.8 Å². The summed E-state index contributed by atoms with van der Waals surface area (Å²) in [7, 11) is 1.60. The molecule has 0 bridgehead atoms. The van der Waals surface area contributed by atoms with Crippen molar-refractivity contribution in [1.29, 1.82) is 0 Å². The van der Waals surface area contributed by atoms with Crippen LogP contribution < -0.4 is 4.74 Å². The van der Waals surface area contributed by atoms with E-state index in [9.17, 15) is 14.9 Å². The van der Waals surface area contributed by atoms with Gasteiger partial charge in [-0.3, -0.25) is 14.9 Å². The Morgan fingerprint density at radius 2 is 2.11 bits per heavy atom. The number of methoxy groups -OCH3 is 1.